The molecule has 80 valence electrons. The first kappa shape index (κ1) is 10.8. The van der Waals surface area contributed by atoms with E-state index in [-0.39, 0.29) is 17.8 Å². The Morgan fingerprint density at radius 1 is 1.57 bits per heavy atom. The smallest absolute Gasteiger partial charge is 0.227 e. The Morgan fingerprint density at radius 3 is 2.71 bits per heavy atom. The number of carbonyl (C=O) groups is 1. The van der Waals surface area contributed by atoms with E-state index in [1.165, 1.54) is 0 Å². The van der Waals surface area contributed by atoms with Crippen molar-refractivity contribution < 1.29 is 4.79 Å². The molecular weight excluding hydrogens is 180 g/mol. The van der Waals surface area contributed by atoms with E-state index >= 15 is 0 Å². The van der Waals surface area contributed by atoms with E-state index < -0.39 is 0 Å². The highest BCUT2D eigenvalue weighted by molar-refractivity contribution is 5.85. The lowest BCUT2D eigenvalue weighted by Gasteiger charge is -2.43. The standard InChI is InChI=1S/C9H18N4O/c1-6-7(8(14)13(6)2)4-3-5-12-9(10)11/h6-7H,3-5H2,1-2H3,(H4,10,11,12)/t6-,7+/m1/s1. The van der Waals surface area contributed by atoms with Gasteiger partial charge in [-0.15, -0.1) is 0 Å². The van der Waals surface area contributed by atoms with Gasteiger partial charge in [0.1, 0.15) is 0 Å². The van der Waals surface area contributed by atoms with Crippen molar-refractivity contribution in [3.63, 3.8) is 0 Å². The van der Waals surface area contributed by atoms with Gasteiger partial charge < -0.3 is 16.4 Å². The predicted octanol–water partition coefficient (Wildman–Crippen LogP) is -0.483. The van der Waals surface area contributed by atoms with Crippen LogP contribution in [0.3, 0.4) is 0 Å². The number of hydrogen-bond acceptors (Lipinski definition) is 2. The zero-order chi connectivity index (χ0) is 10.7. The van der Waals surface area contributed by atoms with Crippen molar-refractivity contribution in [2.24, 2.45) is 22.4 Å². The summed E-state index contributed by atoms with van der Waals surface area (Å²) >= 11 is 0. The number of guanidine groups is 1. The minimum atomic E-state index is 0.120. The fraction of sp³-hybridized carbons (Fsp3) is 0.778. The topological polar surface area (TPSA) is 84.7 Å². The van der Waals surface area contributed by atoms with Crippen molar-refractivity contribution in [3.8, 4) is 0 Å². The van der Waals surface area contributed by atoms with Gasteiger partial charge in [-0.25, -0.2) is 0 Å². The lowest BCUT2D eigenvalue weighted by atomic mass is 9.85. The Kier molecular flexibility index (Phi) is 3.33. The molecule has 1 aliphatic rings. The maximum Gasteiger partial charge on any atom is 0.227 e. The zero-order valence-electron chi connectivity index (χ0n) is 8.73. The SMILES string of the molecule is C[C@@H]1[C@H](CCCN=C(N)N)C(=O)N1C. The van der Waals surface area contributed by atoms with Crippen LogP contribution in [-0.4, -0.2) is 36.4 Å². The minimum absolute atomic E-state index is 0.120. The van der Waals surface area contributed by atoms with Crippen LogP contribution in [0.4, 0.5) is 0 Å². The molecule has 1 fully saturated rings. The van der Waals surface area contributed by atoms with Crippen molar-refractivity contribution in [2.45, 2.75) is 25.8 Å². The second-order valence-corrected chi connectivity index (χ2v) is 3.75. The molecule has 0 saturated carbocycles. The summed E-state index contributed by atoms with van der Waals surface area (Å²) in [5.41, 5.74) is 10.4. The van der Waals surface area contributed by atoms with E-state index in [0.717, 1.165) is 12.8 Å². The van der Waals surface area contributed by atoms with Gasteiger partial charge in [0.2, 0.25) is 5.91 Å². The van der Waals surface area contributed by atoms with Gasteiger partial charge in [0.15, 0.2) is 5.96 Å². The average Bonchev–Trinajstić information content (AvgIpc) is 2.15. The van der Waals surface area contributed by atoms with E-state index in [2.05, 4.69) is 11.9 Å². The summed E-state index contributed by atoms with van der Waals surface area (Å²) in [7, 11) is 1.83. The maximum absolute atomic E-state index is 11.3. The molecule has 1 heterocycles. The van der Waals surface area contributed by atoms with Crippen LogP contribution in [0.1, 0.15) is 19.8 Å². The number of carbonyl (C=O) groups excluding carboxylic acids is 1. The van der Waals surface area contributed by atoms with Crippen molar-refractivity contribution in [1.82, 2.24) is 4.90 Å². The van der Waals surface area contributed by atoms with Crippen LogP contribution in [0.2, 0.25) is 0 Å². The molecular formula is C9H18N4O. The number of rotatable bonds is 4. The molecule has 5 heteroatoms. The Bertz CT molecular complexity index is 247. The molecule has 0 spiro atoms. The van der Waals surface area contributed by atoms with E-state index in [1.54, 1.807) is 4.90 Å². The van der Waals surface area contributed by atoms with Gasteiger partial charge >= 0.3 is 0 Å². The summed E-state index contributed by atoms with van der Waals surface area (Å²) in [4.78, 5) is 17.0. The van der Waals surface area contributed by atoms with Crippen LogP contribution >= 0.6 is 0 Å². The minimum Gasteiger partial charge on any atom is -0.370 e. The largest absolute Gasteiger partial charge is 0.370 e. The molecule has 1 saturated heterocycles. The highest BCUT2D eigenvalue weighted by Gasteiger charge is 2.40. The number of nitrogens with two attached hydrogens (primary N) is 2. The maximum atomic E-state index is 11.3. The lowest BCUT2D eigenvalue weighted by Crippen LogP contribution is -2.57. The van der Waals surface area contributed by atoms with Crippen LogP contribution in [0.5, 0.6) is 0 Å². The summed E-state index contributed by atoms with van der Waals surface area (Å²) < 4.78 is 0. The molecule has 5 nitrogen and oxygen atoms in total. The molecule has 0 aliphatic carbocycles. The fourth-order valence-electron chi connectivity index (χ4n) is 1.74. The second-order valence-electron chi connectivity index (χ2n) is 3.75. The van der Waals surface area contributed by atoms with Crippen LogP contribution in [0.15, 0.2) is 4.99 Å². The van der Waals surface area contributed by atoms with Gasteiger partial charge in [0, 0.05) is 19.6 Å². The number of hydrogen-bond donors (Lipinski definition) is 2. The quantitative estimate of drug-likeness (QED) is 0.277. The van der Waals surface area contributed by atoms with Crippen molar-refractivity contribution >= 4 is 11.9 Å². The Morgan fingerprint density at radius 2 is 2.21 bits per heavy atom. The monoisotopic (exact) mass is 198 g/mol. The van der Waals surface area contributed by atoms with Crippen LogP contribution in [0.25, 0.3) is 0 Å². The molecule has 1 rings (SSSR count). The number of β-lactam (4-membered cyclic amide) rings is 1. The molecule has 0 aromatic heterocycles. The third kappa shape index (κ3) is 2.16. The summed E-state index contributed by atoms with van der Waals surface area (Å²) in [6.07, 6.45) is 1.74. The van der Waals surface area contributed by atoms with E-state index in [0.29, 0.717) is 12.6 Å². The summed E-state index contributed by atoms with van der Waals surface area (Å²) in [6.45, 7) is 2.68. The molecule has 4 N–H and O–H groups in total. The number of amides is 1. The molecule has 0 bridgehead atoms. The molecule has 0 radical (unpaired) electrons. The van der Waals surface area contributed by atoms with Gasteiger partial charge in [-0.2, -0.15) is 0 Å². The normalized spacial score (nSPS) is 25.9. The van der Waals surface area contributed by atoms with Crippen LogP contribution in [0, 0.1) is 5.92 Å². The number of nitrogens with zero attached hydrogens (tertiary/aromatic N) is 2. The van der Waals surface area contributed by atoms with E-state index in [1.807, 2.05) is 7.05 Å². The molecule has 0 aromatic rings. The highest BCUT2D eigenvalue weighted by atomic mass is 16.2. The van der Waals surface area contributed by atoms with Crippen molar-refractivity contribution in [3.05, 3.63) is 0 Å². The summed E-state index contributed by atoms with van der Waals surface area (Å²) in [5.74, 6) is 0.534. The van der Waals surface area contributed by atoms with Gasteiger partial charge in [0.05, 0.1) is 5.92 Å². The summed E-state index contributed by atoms with van der Waals surface area (Å²) in [6, 6.07) is 0.363. The first-order valence-electron chi connectivity index (χ1n) is 4.86. The van der Waals surface area contributed by atoms with Crippen molar-refractivity contribution in [1.29, 1.82) is 0 Å². The highest BCUT2D eigenvalue weighted by Crippen LogP contribution is 2.28. The van der Waals surface area contributed by atoms with Crippen molar-refractivity contribution in [2.75, 3.05) is 13.6 Å². The average molecular weight is 198 g/mol. The first-order valence-corrected chi connectivity index (χ1v) is 4.86. The van der Waals surface area contributed by atoms with Gasteiger partial charge in [-0.3, -0.25) is 9.79 Å². The Labute approximate surface area is 84.1 Å². The third-order valence-electron chi connectivity index (χ3n) is 2.83. The molecule has 1 amide bonds. The third-order valence-corrected chi connectivity index (χ3v) is 2.83. The van der Waals surface area contributed by atoms with E-state index in [4.69, 9.17) is 11.5 Å². The Balaban J connectivity index is 2.20. The van der Waals surface area contributed by atoms with Gasteiger partial charge in [0.25, 0.3) is 0 Å². The molecule has 0 unspecified atom stereocenters. The lowest BCUT2D eigenvalue weighted by molar-refractivity contribution is -0.152. The molecule has 2 atom stereocenters. The predicted molar refractivity (Wildman–Crippen MR) is 55.6 cm³/mol. The fourth-order valence-corrected chi connectivity index (χ4v) is 1.74. The van der Waals surface area contributed by atoms with Crippen LogP contribution < -0.4 is 11.5 Å². The molecule has 0 aromatic carbocycles. The first-order chi connectivity index (χ1) is 6.54. The Hall–Kier alpha value is -1.26. The number of likely N-dealkylation sites (tertiary alicyclic amines) is 1. The molecule has 14 heavy (non-hydrogen) atoms. The van der Waals surface area contributed by atoms with E-state index in [9.17, 15) is 4.79 Å². The second kappa shape index (κ2) is 4.30. The molecule has 1 aliphatic heterocycles. The number of aliphatic imine (C=N–C) groups is 1. The van der Waals surface area contributed by atoms with Gasteiger partial charge in [-0.05, 0) is 19.8 Å². The zero-order valence-corrected chi connectivity index (χ0v) is 8.73. The summed E-state index contributed by atoms with van der Waals surface area (Å²) in [5, 5.41) is 0. The van der Waals surface area contributed by atoms with Gasteiger partial charge in [-0.1, -0.05) is 0 Å². The van der Waals surface area contributed by atoms with Crippen LogP contribution in [-0.2, 0) is 4.79 Å².